The zero-order chi connectivity index (χ0) is 17.1. The van der Waals surface area contributed by atoms with Gasteiger partial charge >= 0.3 is 0 Å². The number of nitrogens with zero attached hydrogens (tertiary/aromatic N) is 1. The van der Waals surface area contributed by atoms with E-state index >= 15 is 0 Å². The van der Waals surface area contributed by atoms with Gasteiger partial charge in [0.25, 0.3) is 5.91 Å². The van der Waals surface area contributed by atoms with Gasteiger partial charge in [-0.05, 0) is 30.3 Å². The van der Waals surface area contributed by atoms with Gasteiger partial charge in [0.2, 0.25) is 0 Å². The van der Waals surface area contributed by atoms with Crippen molar-refractivity contribution >= 4 is 16.9 Å². The van der Waals surface area contributed by atoms with E-state index in [0.29, 0.717) is 18.8 Å². The topological polar surface area (TPSA) is 67.0 Å². The monoisotopic (exact) mass is 331 g/mol. The number of imidazole rings is 1. The van der Waals surface area contributed by atoms with E-state index in [2.05, 4.69) is 15.3 Å². The normalized spacial score (nSPS) is 10.8. The number of H-pyrrole nitrogens is 1. The molecule has 3 aromatic rings. The molecule has 1 amide bonds. The minimum Gasteiger partial charge on any atom is -0.497 e. The number of hydrogen-bond acceptors (Lipinski definition) is 3. The molecule has 0 radical (unpaired) electrons. The molecule has 0 bridgehead atoms. The number of aromatic amines is 1. The fourth-order valence-corrected chi connectivity index (χ4v) is 2.32. The minimum absolute atomic E-state index is 0.0724. The van der Waals surface area contributed by atoms with Crippen molar-refractivity contribution in [3.63, 3.8) is 0 Å². The summed E-state index contributed by atoms with van der Waals surface area (Å²) in [6.07, 6.45) is 0.479. The van der Waals surface area contributed by atoms with Crippen LogP contribution in [0.15, 0.2) is 36.4 Å². The number of carbonyl (C=O) groups is 1. The maximum atomic E-state index is 13.1. The zero-order valence-corrected chi connectivity index (χ0v) is 12.9. The summed E-state index contributed by atoms with van der Waals surface area (Å²) in [4.78, 5) is 19.5. The molecule has 0 unspecified atom stereocenters. The molecule has 3 rings (SSSR count). The maximum absolute atomic E-state index is 13.1. The number of rotatable bonds is 5. The quantitative estimate of drug-likeness (QED) is 0.755. The molecular weight excluding hydrogens is 316 g/mol. The Morgan fingerprint density at radius 2 is 2.04 bits per heavy atom. The highest BCUT2D eigenvalue weighted by Crippen LogP contribution is 2.18. The van der Waals surface area contributed by atoms with Crippen LogP contribution in [0.5, 0.6) is 5.75 Å². The van der Waals surface area contributed by atoms with Crippen molar-refractivity contribution in [1.82, 2.24) is 15.3 Å². The van der Waals surface area contributed by atoms with E-state index in [4.69, 9.17) is 4.74 Å². The number of methoxy groups -OCH3 is 1. The molecule has 0 fully saturated rings. The third-order valence-corrected chi connectivity index (χ3v) is 3.57. The first kappa shape index (κ1) is 15.9. The van der Waals surface area contributed by atoms with Gasteiger partial charge in [-0.15, -0.1) is 0 Å². The second-order valence-electron chi connectivity index (χ2n) is 5.20. The van der Waals surface area contributed by atoms with Gasteiger partial charge in [0.05, 0.1) is 18.1 Å². The van der Waals surface area contributed by atoms with Crippen molar-refractivity contribution in [3.05, 3.63) is 59.4 Å². The smallest absolute Gasteiger partial charge is 0.251 e. The zero-order valence-electron chi connectivity index (χ0n) is 12.9. The molecule has 2 N–H and O–H groups in total. The first-order valence-corrected chi connectivity index (χ1v) is 7.32. The number of carbonyl (C=O) groups excluding carboxylic acids is 1. The van der Waals surface area contributed by atoms with Gasteiger partial charge in [-0.2, -0.15) is 0 Å². The van der Waals surface area contributed by atoms with Crippen LogP contribution in [0.25, 0.3) is 11.0 Å². The van der Waals surface area contributed by atoms with Gasteiger partial charge in [0.1, 0.15) is 11.6 Å². The van der Waals surface area contributed by atoms with Gasteiger partial charge in [0.15, 0.2) is 11.6 Å². The molecule has 2 aromatic carbocycles. The second kappa shape index (κ2) is 6.66. The number of aromatic nitrogens is 2. The summed E-state index contributed by atoms with van der Waals surface area (Å²) in [5.74, 6) is -1.06. The van der Waals surface area contributed by atoms with E-state index in [0.717, 1.165) is 28.9 Å². The van der Waals surface area contributed by atoms with Crippen LogP contribution < -0.4 is 10.1 Å². The lowest BCUT2D eigenvalue weighted by atomic mass is 10.2. The van der Waals surface area contributed by atoms with Crippen LogP contribution in [0.1, 0.15) is 16.2 Å². The number of hydrogen-bond donors (Lipinski definition) is 2. The van der Waals surface area contributed by atoms with Crippen molar-refractivity contribution < 1.29 is 18.3 Å². The van der Waals surface area contributed by atoms with E-state index in [9.17, 15) is 13.6 Å². The fraction of sp³-hybridized carbons (Fsp3) is 0.176. The summed E-state index contributed by atoms with van der Waals surface area (Å²) in [5.41, 5.74) is 1.72. The third kappa shape index (κ3) is 3.34. The number of ether oxygens (including phenoxy) is 1. The molecule has 7 heteroatoms. The van der Waals surface area contributed by atoms with Crippen molar-refractivity contribution in [3.8, 4) is 5.75 Å². The number of nitrogens with one attached hydrogen (secondary N) is 2. The maximum Gasteiger partial charge on any atom is 0.251 e. The molecule has 0 saturated carbocycles. The second-order valence-corrected chi connectivity index (χ2v) is 5.20. The molecule has 0 aliphatic rings. The molecule has 124 valence electrons. The van der Waals surface area contributed by atoms with Crippen LogP contribution in [0.3, 0.4) is 0 Å². The predicted octanol–water partition coefficient (Wildman–Crippen LogP) is 2.82. The van der Waals surface area contributed by atoms with Crippen LogP contribution in [0.2, 0.25) is 0 Å². The van der Waals surface area contributed by atoms with Crippen molar-refractivity contribution in [1.29, 1.82) is 0 Å². The molecule has 24 heavy (non-hydrogen) atoms. The largest absolute Gasteiger partial charge is 0.497 e. The molecule has 5 nitrogen and oxygen atoms in total. The Labute approximate surface area is 136 Å². The predicted molar refractivity (Wildman–Crippen MR) is 85.0 cm³/mol. The van der Waals surface area contributed by atoms with Crippen LogP contribution in [-0.4, -0.2) is 29.5 Å². The lowest BCUT2D eigenvalue weighted by Crippen LogP contribution is -2.26. The Kier molecular flexibility index (Phi) is 4.41. The van der Waals surface area contributed by atoms with Crippen LogP contribution >= 0.6 is 0 Å². The average molecular weight is 331 g/mol. The molecule has 0 aliphatic heterocycles. The molecular formula is C17H15F2N3O2. The number of benzene rings is 2. The van der Waals surface area contributed by atoms with Crippen molar-refractivity contribution in [2.24, 2.45) is 0 Å². The van der Waals surface area contributed by atoms with Crippen LogP contribution in [0.4, 0.5) is 8.78 Å². The molecule has 1 aromatic heterocycles. The van der Waals surface area contributed by atoms with Gasteiger partial charge in [-0.3, -0.25) is 4.79 Å². The highest BCUT2D eigenvalue weighted by Gasteiger charge is 2.10. The van der Waals surface area contributed by atoms with E-state index in [-0.39, 0.29) is 5.56 Å². The summed E-state index contributed by atoms with van der Waals surface area (Å²) < 4.78 is 31.1. The van der Waals surface area contributed by atoms with Crippen molar-refractivity contribution in [2.75, 3.05) is 13.7 Å². The fourth-order valence-electron chi connectivity index (χ4n) is 2.32. The summed E-state index contributed by atoms with van der Waals surface area (Å²) in [6, 6.07) is 8.54. The average Bonchev–Trinajstić information content (AvgIpc) is 2.98. The van der Waals surface area contributed by atoms with E-state index in [1.165, 1.54) is 6.07 Å². The highest BCUT2D eigenvalue weighted by molar-refractivity contribution is 5.94. The summed E-state index contributed by atoms with van der Waals surface area (Å²) in [5, 5.41) is 2.65. The molecule has 0 atom stereocenters. The Balaban J connectivity index is 1.61. The van der Waals surface area contributed by atoms with Gasteiger partial charge in [-0.25, -0.2) is 13.8 Å². The Morgan fingerprint density at radius 3 is 2.79 bits per heavy atom. The molecule has 0 aliphatic carbocycles. The first-order chi connectivity index (χ1) is 11.6. The molecule has 0 spiro atoms. The Morgan fingerprint density at radius 1 is 1.21 bits per heavy atom. The lowest BCUT2D eigenvalue weighted by Gasteiger charge is -2.04. The SMILES string of the molecule is COc1ccc2nc(CCNC(=O)c3ccc(F)c(F)c3)[nH]c2c1. The van der Waals surface area contributed by atoms with E-state index in [1.54, 1.807) is 7.11 Å². The molecule has 1 heterocycles. The number of fused-ring (bicyclic) bond motifs is 1. The highest BCUT2D eigenvalue weighted by atomic mass is 19.2. The van der Waals surface area contributed by atoms with Crippen LogP contribution in [0, 0.1) is 11.6 Å². The van der Waals surface area contributed by atoms with Gasteiger partial charge in [-0.1, -0.05) is 0 Å². The third-order valence-electron chi connectivity index (χ3n) is 3.57. The van der Waals surface area contributed by atoms with Crippen LogP contribution in [-0.2, 0) is 6.42 Å². The summed E-state index contributed by atoms with van der Waals surface area (Å²) in [6.45, 7) is 0.314. The number of halogens is 2. The minimum atomic E-state index is -1.05. The van der Waals surface area contributed by atoms with Gasteiger partial charge in [0, 0.05) is 24.6 Å². The Bertz CT molecular complexity index is 893. The standard InChI is InChI=1S/C17H15F2N3O2/c1-24-11-3-5-14-15(9-11)22-16(21-14)6-7-20-17(23)10-2-4-12(18)13(19)8-10/h2-5,8-9H,6-7H2,1H3,(H,20,23)(H,21,22). The lowest BCUT2D eigenvalue weighted by molar-refractivity contribution is 0.0953. The first-order valence-electron chi connectivity index (χ1n) is 7.32. The van der Waals surface area contributed by atoms with E-state index < -0.39 is 17.5 Å². The summed E-state index contributed by atoms with van der Waals surface area (Å²) >= 11 is 0. The summed E-state index contributed by atoms with van der Waals surface area (Å²) in [7, 11) is 1.59. The van der Waals surface area contributed by atoms with E-state index in [1.807, 2.05) is 18.2 Å². The van der Waals surface area contributed by atoms with Crippen molar-refractivity contribution in [2.45, 2.75) is 6.42 Å². The molecule has 0 saturated heterocycles. The van der Waals surface area contributed by atoms with Gasteiger partial charge < -0.3 is 15.0 Å². The number of amides is 1. The Hall–Kier alpha value is -2.96.